The Labute approximate surface area is 156 Å². The highest BCUT2D eigenvalue weighted by Gasteiger charge is 2.34. The second kappa shape index (κ2) is 8.47. The maximum absolute atomic E-state index is 13.1. The average Bonchev–Trinajstić information content (AvgIpc) is 2.70. The first-order valence-corrected chi connectivity index (χ1v) is 9.87. The zero-order valence-electron chi connectivity index (χ0n) is 14.4. The van der Waals surface area contributed by atoms with Crippen LogP contribution >= 0.6 is 0 Å². The first-order chi connectivity index (χ1) is 13.0. The molecule has 1 saturated heterocycles. The van der Waals surface area contributed by atoms with Crippen LogP contribution in [0, 0.1) is 11.7 Å². The van der Waals surface area contributed by atoms with Crippen molar-refractivity contribution in [3.8, 4) is 5.75 Å². The van der Waals surface area contributed by atoms with E-state index in [4.69, 9.17) is 9.68 Å². The molecule has 1 aliphatic rings. The highest BCUT2D eigenvalue weighted by atomic mass is 32.2. The summed E-state index contributed by atoms with van der Waals surface area (Å²) in [6, 6.07) is 12.1. The fourth-order valence-corrected chi connectivity index (χ4v) is 3.61. The largest absolute Gasteiger partial charge is 0.358 e. The van der Waals surface area contributed by atoms with E-state index in [1.165, 1.54) is 36.4 Å². The monoisotopic (exact) mass is 394 g/mol. The first-order valence-electron chi connectivity index (χ1n) is 8.43. The van der Waals surface area contributed by atoms with Crippen molar-refractivity contribution in [2.75, 3.05) is 13.1 Å². The number of carbonyl (C=O) groups excluding carboxylic acids is 1. The van der Waals surface area contributed by atoms with Gasteiger partial charge in [-0.1, -0.05) is 18.2 Å². The molecule has 2 aromatic carbocycles. The van der Waals surface area contributed by atoms with E-state index >= 15 is 0 Å². The van der Waals surface area contributed by atoms with E-state index in [-0.39, 0.29) is 15.3 Å². The third kappa shape index (κ3) is 4.82. The van der Waals surface area contributed by atoms with Crippen molar-refractivity contribution in [3.63, 3.8) is 0 Å². The summed E-state index contributed by atoms with van der Waals surface area (Å²) in [5.74, 6) is -1.63. The Morgan fingerprint density at radius 2 is 1.67 bits per heavy atom. The van der Waals surface area contributed by atoms with Crippen LogP contribution in [0.15, 0.2) is 59.5 Å². The number of hydrogen-bond donors (Lipinski definition) is 1. The third-order valence-electron chi connectivity index (χ3n) is 4.07. The first kappa shape index (κ1) is 19.3. The van der Waals surface area contributed by atoms with Gasteiger partial charge in [0.1, 0.15) is 5.82 Å². The Balaban J connectivity index is 1.85. The van der Waals surface area contributed by atoms with Gasteiger partial charge in [-0.15, -0.1) is 0 Å². The van der Waals surface area contributed by atoms with Gasteiger partial charge >= 0.3 is 16.0 Å². The summed E-state index contributed by atoms with van der Waals surface area (Å²) in [7, 11) is -4.28. The van der Waals surface area contributed by atoms with Crippen LogP contribution in [-0.4, -0.2) is 32.1 Å². The van der Waals surface area contributed by atoms with Crippen molar-refractivity contribution in [2.45, 2.75) is 17.7 Å². The van der Waals surface area contributed by atoms with Crippen LogP contribution in [0.2, 0.25) is 0 Å². The summed E-state index contributed by atoms with van der Waals surface area (Å²) in [5, 5.41) is 3.12. The van der Waals surface area contributed by atoms with Gasteiger partial charge in [0.2, 0.25) is 0 Å². The lowest BCUT2D eigenvalue weighted by Gasteiger charge is -2.24. The average molecular weight is 394 g/mol. The fourth-order valence-electron chi connectivity index (χ4n) is 2.58. The molecular weight excluding hydrogens is 375 g/mol. The number of hydrogen-bond acceptors (Lipinski definition) is 6. The molecule has 1 N–H and O–H groups in total. The Morgan fingerprint density at radius 1 is 1.04 bits per heavy atom. The fraction of sp³-hybridized carbons (Fsp3) is 0.278. The van der Waals surface area contributed by atoms with Crippen molar-refractivity contribution < 1.29 is 27.3 Å². The van der Waals surface area contributed by atoms with Gasteiger partial charge in [0.05, 0.1) is 10.8 Å². The van der Waals surface area contributed by atoms with Crippen LogP contribution in [-0.2, 0) is 19.7 Å². The minimum atomic E-state index is -4.28. The number of halogens is 1. The zero-order valence-corrected chi connectivity index (χ0v) is 15.2. The third-order valence-corrected chi connectivity index (χ3v) is 5.48. The molecule has 0 spiro atoms. The molecule has 0 atom stereocenters. The van der Waals surface area contributed by atoms with Crippen LogP contribution in [0.25, 0.3) is 0 Å². The highest BCUT2D eigenvalue weighted by Crippen LogP contribution is 2.22. The molecule has 1 fully saturated rings. The van der Waals surface area contributed by atoms with E-state index in [1.807, 2.05) is 0 Å². The molecule has 2 aromatic rings. The molecular formula is C18H19FN2O5S. The van der Waals surface area contributed by atoms with Crippen LogP contribution in [0.3, 0.4) is 0 Å². The second-order valence-electron chi connectivity index (χ2n) is 5.99. The highest BCUT2D eigenvalue weighted by molar-refractivity contribution is 7.88. The minimum Gasteiger partial charge on any atom is -0.358 e. The lowest BCUT2D eigenvalue weighted by Crippen LogP contribution is -2.40. The quantitative estimate of drug-likeness (QED) is 0.757. The molecule has 1 aliphatic heterocycles. The van der Waals surface area contributed by atoms with Crippen molar-refractivity contribution in [1.29, 1.82) is 0 Å². The van der Waals surface area contributed by atoms with E-state index in [9.17, 15) is 17.6 Å². The van der Waals surface area contributed by atoms with Crippen LogP contribution in [0.1, 0.15) is 12.8 Å². The molecule has 7 nitrogen and oxygen atoms in total. The van der Waals surface area contributed by atoms with Gasteiger partial charge in [-0.25, -0.2) is 17.6 Å². The standard InChI is InChI=1S/C18H19FN2O5S/c19-15-6-8-16(9-7-15)25-21(26-18(22)14-10-12-20-13-11-14)27(23,24)17-4-2-1-3-5-17/h1-9,14,20H,10-13H2. The van der Waals surface area contributed by atoms with Crippen molar-refractivity contribution in [3.05, 3.63) is 60.4 Å². The van der Waals surface area contributed by atoms with E-state index < -0.39 is 27.7 Å². The normalized spacial score (nSPS) is 15.5. The number of carbonyl (C=O) groups is 1. The lowest BCUT2D eigenvalue weighted by atomic mass is 9.99. The zero-order chi connectivity index (χ0) is 19.3. The van der Waals surface area contributed by atoms with Crippen LogP contribution in [0.4, 0.5) is 4.39 Å². The van der Waals surface area contributed by atoms with E-state index in [2.05, 4.69) is 5.32 Å². The number of benzene rings is 2. The molecule has 27 heavy (non-hydrogen) atoms. The summed E-state index contributed by atoms with van der Waals surface area (Å²) < 4.78 is 39.0. The van der Waals surface area contributed by atoms with Crippen LogP contribution in [0.5, 0.6) is 5.75 Å². The minimum absolute atomic E-state index is 0.00835. The number of nitrogens with one attached hydrogen (secondary N) is 1. The predicted molar refractivity (Wildman–Crippen MR) is 94.2 cm³/mol. The maximum Gasteiger partial charge on any atom is 0.333 e. The van der Waals surface area contributed by atoms with Gasteiger partial charge in [0.15, 0.2) is 10.4 Å². The van der Waals surface area contributed by atoms with E-state index in [0.29, 0.717) is 25.9 Å². The molecule has 0 aliphatic carbocycles. The SMILES string of the molecule is O=C(ON(Oc1ccc(F)cc1)S(=O)(=O)c1ccccc1)C1CCNCC1. The van der Waals surface area contributed by atoms with Crippen LogP contribution < -0.4 is 10.2 Å². The number of piperidine rings is 1. The Bertz CT molecular complexity index is 868. The number of nitrogens with zero attached hydrogens (tertiary/aromatic N) is 1. The topological polar surface area (TPSA) is 84.9 Å². The summed E-state index contributed by atoms with van der Waals surface area (Å²) in [6.07, 6.45) is 1.07. The van der Waals surface area contributed by atoms with Gasteiger partial charge in [-0.05, 0) is 62.3 Å². The molecule has 0 radical (unpaired) electrons. The van der Waals surface area contributed by atoms with Crippen molar-refractivity contribution in [2.24, 2.45) is 5.92 Å². The molecule has 9 heteroatoms. The predicted octanol–water partition coefficient (Wildman–Crippen LogP) is 2.27. The Kier molecular flexibility index (Phi) is 6.04. The smallest absolute Gasteiger partial charge is 0.333 e. The molecule has 144 valence electrons. The van der Waals surface area contributed by atoms with E-state index in [0.717, 1.165) is 12.1 Å². The molecule has 3 rings (SSSR count). The van der Waals surface area contributed by atoms with Gasteiger partial charge in [-0.2, -0.15) is 0 Å². The van der Waals surface area contributed by atoms with E-state index in [1.54, 1.807) is 6.07 Å². The van der Waals surface area contributed by atoms with Gasteiger partial charge in [0, 0.05) is 0 Å². The Hall–Kier alpha value is -2.49. The van der Waals surface area contributed by atoms with Crippen molar-refractivity contribution in [1.82, 2.24) is 9.95 Å². The summed E-state index contributed by atoms with van der Waals surface area (Å²) in [5.41, 5.74) is 0. The molecule has 0 bridgehead atoms. The van der Waals surface area contributed by atoms with Crippen molar-refractivity contribution >= 4 is 16.0 Å². The second-order valence-corrected chi connectivity index (χ2v) is 7.71. The molecule has 0 unspecified atom stereocenters. The molecule has 0 amide bonds. The lowest BCUT2D eigenvalue weighted by molar-refractivity contribution is -0.242. The molecule has 0 saturated carbocycles. The maximum atomic E-state index is 13.1. The van der Waals surface area contributed by atoms with Gasteiger partial charge < -0.3 is 15.0 Å². The van der Waals surface area contributed by atoms with Gasteiger partial charge in [-0.3, -0.25) is 0 Å². The number of sulfonamides is 1. The summed E-state index contributed by atoms with van der Waals surface area (Å²) >= 11 is 0. The molecule has 0 aromatic heterocycles. The molecule has 1 heterocycles. The summed E-state index contributed by atoms with van der Waals surface area (Å²) in [4.78, 5) is 22.7. The Morgan fingerprint density at radius 3 is 2.30 bits per heavy atom. The van der Waals surface area contributed by atoms with Gasteiger partial charge in [0.25, 0.3) is 0 Å². The summed E-state index contributed by atoms with van der Waals surface area (Å²) in [6.45, 7) is 1.29. The number of rotatable bonds is 6.